The van der Waals surface area contributed by atoms with Gasteiger partial charge < -0.3 is 9.30 Å². The Labute approximate surface area is 162 Å². The Bertz CT molecular complexity index is 1120. The molecule has 6 nitrogen and oxygen atoms in total. The first-order valence-corrected chi connectivity index (χ1v) is 8.83. The third-order valence-electron chi connectivity index (χ3n) is 4.08. The topological polar surface area (TPSA) is 68.5 Å². The van der Waals surface area contributed by atoms with Gasteiger partial charge in [-0.1, -0.05) is 42.5 Å². The standard InChI is InChI=1S/C22H18N4O2/c27-22(15-26-16-23-20-11-4-5-12-21(20)26)25-24-14-17-7-6-10-19(13-17)28-18-8-2-1-3-9-18/h1-14,16H,15H2,(H,25,27). The van der Waals surface area contributed by atoms with Crippen molar-refractivity contribution < 1.29 is 9.53 Å². The number of rotatable bonds is 6. The van der Waals surface area contributed by atoms with Gasteiger partial charge in [-0.25, -0.2) is 10.4 Å². The SMILES string of the molecule is O=C(Cn1cnc2ccccc21)NN=Cc1cccc(Oc2ccccc2)c1. The third-order valence-corrected chi connectivity index (χ3v) is 4.08. The van der Waals surface area contributed by atoms with Crippen LogP contribution in [0.3, 0.4) is 0 Å². The molecule has 0 fully saturated rings. The van der Waals surface area contributed by atoms with Gasteiger partial charge in [-0.3, -0.25) is 4.79 Å². The molecule has 0 saturated carbocycles. The van der Waals surface area contributed by atoms with E-state index in [1.165, 1.54) is 0 Å². The van der Waals surface area contributed by atoms with Crippen LogP contribution in [0, 0.1) is 0 Å². The Kier molecular flexibility index (Phi) is 5.11. The fraction of sp³-hybridized carbons (Fsp3) is 0.0455. The van der Waals surface area contributed by atoms with E-state index >= 15 is 0 Å². The van der Waals surface area contributed by atoms with Gasteiger partial charge in [0, 0.05) is 0 Å². The fourth-order valence-corrected chi connectivity index (χ4v) is 2.79. The number of fused-ring (bicyclic) bond motifs is 1. The first kappa shape index (κ1) is 17.5. The van der Waals surface area contributed by atoms with Gasteiger partial charge >= 0.3 is 0 Å². The second-order valence-electron chi connectivity index (χ2n) is 6.14. The average molecular weight is 370 g/mol. The third kappa shape index (κ3) is 4.24. The zero-order chi connectivity index (χ0) is 19.2. The highest BCUT2D eigenvalue weighted by atomic mass is 16.5. The summed E-state index contributed by atoms with van der Waals surface area (Å²) in [4.78, 5) is 16.4. The number of para-hydroxylation sites is 3. The maximum absolute atomic E-state index is 12.2. The summed E-state index contributed by atoms with van der Waals surface area (Å²) in [5.74, 6) is 1.24. The predicted octanol–water partition coefficient (Wildman–Crippen LogP) is 3.98. The summed E-state index contributed by atoms with van der Waals surface area (Å²) < 4.78 is 7.58. The van der Waals surface area contributed by atoms with Crippen LogP contribution in [0.4, 0.5) is 0 Å². The number of carbonyl (C=O) groups excluding carboxylic acids is 1. The van der Waals surface area contributed by atoms with Crippen molar-refractivity contribution in [1.29, 1.82) is 0 Å². The highest BCUT2D eigenvalue weighted by molar-refractivity contribution is 5.84. The number of hydrazone groups is 1. The number of benzene rings is 3. The first-order chi connectivity index (χ1) is 13.8. The molecule has 0 unspecified atom stereocenters. The van der Waals surface area contributed by atoms with E-state index in [4.69, 9.17) is 4.74 Å². The van der Waals surface area contributed by atoms with E-state index in [0.717, 1.165) is 22.3 Å². The van der Waals surface area contributed by atoms with Gasteiger partial charge in [0.25, 0.3) is 5.91 Å². The lowest BCUT2D eigenvalue weighted by Crippen LogP contribution is -2.22. The van der Waals surface area contributed by atoms with E-state index in [2.05, 4.69) is 15.5 Å². The van der Waals surface area contributed by atoms with Crippen LogP contribution in [-0.4, -0.2) is 21.7 Å². The summed E-state index contributed by atoms with van der Waals surface area (Å²) in [5.41, 5.74) is 5.13. The molecule has 4 aromatic rings. The molecule has 1 N–H and O–H groups in total. The molecule has 1 amide bonds. The van der Waals surface area contributed by atoms with Gasteiger partial charge in [0.2, 0.25) is 0 Å². The van der Waals surface area contributed by atoms with E-state index in [9.17, 15) is 4.79 Å². The highest BCUT2D eigenvalue weighted by Gasteiger charge is 2.06. The van der Waals surface area contributed by atoms with E-state index < -0.39 is 0 Å². The Morgan fingerprint density at radius 2 is 1.79 bits per heavy atom. The summed E-state index contributed by atoms with van der Waals surface area (Å²) in [5, 5.41) is 4.04. The van der Waals surface area contributed by atoms with Crippen LogP contribution in [-0.2, 0) is 11.3 Å². The molecule has 0 spiro atoms. The number of ether oxygens (including phenoxy) is 1. The quantitative estimate of drug-likeness (QED) is 0.412. The number of aromatic nitrogens is 2. The highest BCUT2D eigenvalue weighted by Crippen LogP contribution is 2.21. The molecule has 138 valence electrons. The zero-order valence-electron chi connectivity index (χ0n) is 15.0. The molecule has 0 bridgehead atoms. The number of hydrogen-bond acceptors (Lipinski definition) is 4. The summed E-state index contributed by atoms with van der Waals surface area (Å²) in [6, 6.07) is 24.7. The van der Waals surface area contributed by atoms with Gasteiger partial charge in [0.05, 0.1) is 23.6 Å². The number of nitrogens with one attached hydrogen (secondary N) is 1. The zero-order valence-corrected chi connectivity index (χ0v) is 15.0. The van der Waals surface area contributed by atoms with Gasteiger partial charge in [0.1, 0.15) is 18.0 Å². The van der Waals surface area contributed by atoms with Crippen molar-refractivity contribution in [3.8, 4) is 11.5 Å². The number of hydrogen-bond donors (Lipinski definition) is 1. The Morgan fingerprint density at radius 1 is 1.00 bits per heavy atom. The molecule has 0 saturated heterocycles. The molecule has 0 aliphatic heterocycles. The molecule has 3 aromatic carbocycles. The monoisotopic (exact) mass is 370 g/mol. The van der Waals surface area contributed by atoms with Gasteiger partial charge in [-0.2, -0.15) is 5.10 Å². The Balaban J connectivity index is 1.36. The molecule has 1 heterocycles. The second-order valence-corrected chi connectivity index (χ2v) is 6.14. The molecule has 4 rings (SSSR count). The number of nitrogens with zero attached hydrogens (tertiary/aromatic N) is 3. The lowest BCUT2D eigenvalue weighted by Gasteiger charge is -2.06. The number of amides is 1. The lowest BCUT2D eigenvalue weighted by molar-refractivity contribution is -0.121. The maximum atomic E-state index is 12.2. The minimum absolute atomic E-state index is 0.148. The minimum atomic E-state index is -0.226. The van der Waals surface area contributed by atoms with Crippen molar-refractivity contribution in [2.45, 2.75) is 6.54 Å². The van der Waals surface area contributed by atoms with Crippen molar-refractivity contribution in [3.05, 3.63) is 90.8 Å². The first-order valence-electron chi connectivity index (χ1n) is 8.83. The predicted molar refractivity (Wildman–Crippen MR) is 108 cm³/mol. The van der Waals surface area contributed by atoms with Crippen LogP contribution in [0.25, 0.3) is 11.0 Å². The van der Waals surface area contributed by atoms with Crippen molar-refractivity contribution in [2.75, 3.05) is 0 Å². The normalized spacial score (nSPS) is 11.0. The minimum Gasteiger partial charge on any atom is -0.457 e. The Hall–Kier alpha value is -3.93. The Morgan fingerprint density at radius 3 is 2.68 bits per heavy atom. The molecular formula is C22H18N4O2. The molecule has 6 heteroatoms. The van der Waals surface area contributed by atoms with Gasteiger partial charge in [-0.05, 0) is 42.0 Å². The van der Waals surface area contributed by atoms with Crippen molar-refractivity contribution >= 4 is 23.2 Å². The molecular weight excluding hydrogens is 352 g/mol. The molecule has 28 heavy (non-hydrogen) atoms. The van der Waals surface area contributed by atoms with E-state index in [1.807, 2.05) is 78.9 Å². The van der Waals surface area contributed by atoms with Crippen molar-refractivity contribution in [2.24, 2.45) is 5.10 Å². The molecule has 0 radical (unpaired) electrons. The molecule has 0 aliphatic carbocycles. The fourth-order valence-electron chi connectivity index (χ4n) is 2.79. The van der Waals surface area contributed by atoms with Crippen molar-refractivity contribution in [3.63, 3.8) is 0 Å². The summed E-state index contributed by atoms with van der Waals surface area (Å²) in [6.45, 7) is 0.148. The van der Waals surface area contributed by atoms with Crippen LogP contribution in [0.5, 0.6) is 11.5 Å². The van der Waals surface area contributed by atoms with E-state index in [1.54, 1.807) is 17.1 Å². The van der Waals surface area contributed by atoms with E-state index in [-0.39, 0.29) is 12.5 Å². The van der Waals surface area contributed by atoms with Crippen LogP contribution in [0.15, 0.2) is 90.3 Å². The van der Waals surface area contributed by atoms with Crippen molar-refractivity contribution in [1.82, 2.24) is 15.0 Å². The van der Waals surface area contributed by atoms with Crippen LogP contribution in [0.1, 0.15) is 5.56 Å². The smallest absolute Gasteiger partial charge is 0.260 e. The lowest BCUT2D eigenvalue weighted by atomic mass is 10.2. The van der Waals surface area contributed by atoms with Gasteiger partial charge in [0.15, 0.2) is 0 Å². The average Bonchev–Trinajstić information content (AvgIpc) is 3.12. The van der Waals surface area contributed by atoms with Crippen LogP contribution in [0.2, 0.25) is 0 Å². The molecule has 1 aromatic heterocycles. The van der Waals surface area contributed by atoms with E-state index in [0.29, 0.717) is 5.75 Å². The van der Waals surface area contributed by atoms with Gasteiger partial charge in [-0.15, -0.1) is 0 Å². The number of imidazole rings is 1. The van der Waals surface area contributed by atoms with Crippen LogP contribution < -0.4 is 10.2 Å². The summed E-state index contributed by atoms with van der Waals surface area (Å²) in [7, 11) is 0. The largest absolute Gasteiger partial charge is 0.457 e. The maximum Gasteiger partial charge on any atom is 0.260 e. The molecule has 0 aliphatic rings. The second kappa shape index (κ2) is 8.18. The van der Waals surface area contributed by atoms with Crippen LogP contribution >= 0.6 is 0 Å². The summed E-state index contributed by atoms with van der Waals surface area (Å²) in [6.07, 6.45) is 3.24. The summed E-state index contributed by atoms with van der Waals surface area (Å²) >= 11 is 0. The molecule has 0 atom stereocenters. The number of carbonyl (C=O) groups is 1.